The molecule has 1 N–H and O–H groups in total. The highest BCUT2D eigenvalue weighted by Gasteiger charge is 2.46. The van der Waals surface area contributed by atoms with E-state index < -0.39 is 0 Å². The number of aromatic nitrogens is 2. The summed E-state index contributed by atoms with van der Waals surface area (Å²) in [5.41, 5.74) is 1.78. The Morgan fingerprint density at radius 1 is 1.28 bits per heavy atom. The number of likely N-dealkylation sites (tertiary alicyclic amines) is 2. The number of rotatable bonds is 3. The first-order chi connectivity index (χ1) is 12.0. The highest BCUT2D eigenvalue weighted by molar-refractivity contribution is 5.23. The second-order valence-corrected chi connectivity index (χ2v) is 7.38. The van der Waals surface area contributed by atoms with Gasteiger partial charge in [-0.2, -0.15) is 0 Å². The van der Waals surface area contributed by atoms with Crippen molar-refractivity contribution in [1.82, 2.24) is 19.8 Å². The predicted molar refractivity (Wildman–Crippen MR) is 93.6 cm³/mol. The molecule has 2 aliphatic rings. The summed E-state index contributed by atoms with van der Waals surface area (Å²) in [6, 6.07) is 8.81. The minimum Gasteiger partial charge on any atom is -0.311 e. The first-order valence-corrected chi connectivity index (χ1v) is 8.74. The third kappa shape index (κ3) is 3.24. The van der Waals surface area contributed by atoms with E-state index in [9.17, 15) is 9.18 Å². The molecule has 2 aliphatic heterocycles. The largest absolute Gasteiger partial charge is 0.311 e. The molecule has 3 atom stereocenters. The van der Waals surface area contributed by atoms with E-state index in [4.69, 9.17) is 0 Å². The quantitative estimate of drug-likeness (QED) is 0.926. The van der Waals surface area contributed by atoms with Crippen molar-refractivity contribution in [3.05, 3.63) is 63.6 Å². The lowest BCUT2D eigenvalue weighted by molar-refractivity contribution is 0.223. The number of fused-ring (bicyclic) bond motifs is 1. The second-order valence-electron chi connectivity index (χ2n) is 7.38. The lowest BCUT2D eigenvalue weighted by Gasteiger charge is -2.26. The van der Waals surface area contributed by atoms with Gasteiger partial charge in [-0.25, -0.2) is 9.37 Å². The monoisotopic (exact) mass is 342 g/mol. The van der Waals surface area contributed by atoms with Gasteiger partial charge < -0.3 is 4.98 Å². The van der Waals surface area contributed by atoms with Gasteiger partial charge in [-0.1, -0.05) is 12.1 Å². The number of H-pyrrole nitrogens is 1. The van der Waals surface area contributed by atoms with Crippen LogP contribution in [0.3, 0.4) is 0 Å². The Balaban J connectivity index is 1.52. The average molecular weight is 342 g/mol. The number of benzene rings is 1. The molecule has 0 radical (unpaired) electrons. The summed E-state index contributed by atoms with van der Waals surface area (Å²) in [4.78, 5) is 23.5. The average Bonchev–Trinajstić information content (AvgIpc) is 3.01. The Labute approximate surface area is 146 Å². The van der Waals surface area contributed by atoms with Crippen LogP contribution in [0.2, 0.25) is 0 Å². The van der Waals surface area contributed by atoms with E-state index in [0.29, 0.717) is 24.2 Å². The van der Waals surface area contributed by atoms with E-state index in [1.165, 1.54) is 6.07 Å². The summed E-state index contributed by atoms with van der Waals surface area (Å²) in [6.45, 7) is 5.46. The molecular formula is C19H23FN4O. The summed E-state index contributed by atoms with van der Waals surface area (Å²) < 4.78 is 13.7. The number of aryl methyl sites for hydroxylation is 1. The van der Waals surface area contributed by atoms with E-state index in [1.807, 2.05) is 6.07 Å². The second kappa shape index (κ2) is 6.35. The van der Waals surface area contributed by atoms with Crippen LogP contribution in [0.1, 0.15) is 23.1 Å². The molecule has 5 nitrogen and oxygen atoms in total. The third-order valence-electron chi connectivity index (χ3n) is 5.46. The smallest absolute Gasteiger partial charge is 0.251 e. The molecule has 0 aliphatic carbocycles. The van der Waals surface area contributed by atoms with Crippen LogP contribution >= 0.6 is 0 Å². The van der Waals surface area contributed by atoms with Crippen molar-refractivity contribution < 1.29 is 4.39 Å². The lowest BCUT2D eigenvalue weighted by atomic mass is 9.89. The van der Waals surface area contributed by atoms with Gasteiger partial charge >= 0.3 is 0 Å². The van der Waals surface area contributed by atoms with Crippen molar-refractivity contribution in [3.63, 3.8) is 0 Å². The molecule has 6 heteroatoms. The van der Waals surface area contributed by atoms with Crippen LogP contribution in [0.25, 0.3) is 0 Å². The maximum Gasteiger partial charge on any atom is 0.251 e. The number of nitrogens with one attached hydrogen (secondary N) is 1. The lowest BCUT2D eigenvalue weighted by Crippen LogP contribution is -2.29. The van der Waals surface area contributed by atoms with E-state index in [0.717, 1.165) is 30.9 Å². The van der Waals surface area contributed by atoms with Gasteiger partial charge in [0.15, 0.2) is 0 Å². The molecule has 1 aromatic carbocycles. The third-order valence-corrected chi connectivity index (χ3v) is 5.46. The van der Waals surface area contributed by atoms with Crippen LogP contribution < -0.4 is 5.56 Å². The van der Waals surface area contributed by atoms with Crippen LogP contribution in [0.15, 0.2) is 35.1 Å². The molecule has 25 heavy (non-hydrogen) atoms. The van der Waals surface area contributed by atoms with Gasteiger partial charge in [0.1, 0.15) is 11.6 Å². The molecule has 0 saturated carbocycles. The topological polar surface area (TPSA) is 52.2 Å². The van der Waals surface area contributed by atoms with Gasteiger partial charge in [0.2, 0.25) is 0 Å². The summed E-state index contributed by atoms with van der Waals surface area (Å²) in [5, 5.41) is 0. The molecule has 4 rings (SSSR count). The van der Waals surface area contributed by atoms with Crippen molar-refractivity contribution in [1.29, 1.82) is 0 Å². The Kier molecular flexibility index (Phi) is 4.17. The fourth-order valence-electron chi connectivity index (χ4n) is 4.62. The summed E-state index contributed by atoms with van der Waals surface area (Å²) in [5.74, 6) is 1.53. The van der Waals surface area contributed by atoms with Crippen LogP contribution in [-0.2, 0) is 6.54 Å². The molecule has 0 amide bonds. The van der Waals surface area contributed by atoms with Crippen molar-refractivity contribution >= 4 is 0 Å². The fourth-order valence-corrected chi connectivity index (χ4v) is 4.62. The van der Waals surface area contributed by atoms with Crippen molar-refractivity contribution in [3.8, 4) is 0 Å². The number of hydrogen-bond acceptors (Lipinski definition) is 4. The van der Waals surface area contributed by atoms with Crippen LogP contribution in [0.5, 0.6) is 0 Å². The van der Waals surface area contributed by atoms with E-state index in [1.54, 1.807) is 25.1 Å². The van der Waals surface area contributed by atoms with Gasteiger partial charge in [0, 0.05) is 38.3 Å². The Morgan fingerprint density at radius 2 is 2.12 bits per heavy atom. The van der Waals surface area contributed by atoms with Gasteiger partial charge in [-0.15, -0.1) is 0 Å². The molecule has 2 saturated heterocycles. The molecule has 1 aromatic heterocycles. The van der Waals surface area contributed by atoms with E-state index >= 15 is 0 Å². The molecule has 0 spiro atoms. The zero-order chi connectivity index (χ0) is 17.6. The Morgan fingerprint density at radius 3 is 2.88 bits per heavy atom. The number of hydrogen-bond donors (Lipinski definition) is 1. The van der Waals surface area contributed by atoms with Gasteiger partial charge in [0.25, 0.3) is 5.56 Å². The number of nitrogens with zero attached hydrogens (tertiary/aromatic N) is 3. The van der Waals surface area contributed by atoms with Crippen LogP contribution in [-0.4, -0.2) is 46.4 Å². The molecular weight excluding hydrogens is 319 g/mol. The Hall–Kier alpha value is -2.05. The molecule has 3 heterocycles. The molecule has 0 unspecified atom stereocenters. The summed E-state index contributed by atoms with van der Waals surface area (Å²) >= 11 is 0. The first-order valence-electron chi connectivity index (χ1n) is 8.74. The zero-order valence-electron chi connectivity index (χ0n) is 14.6. The van der Waals surface area contributed by atoms with Gasteiger partial charge in [-0.3, -0.25) is 14.6 Å². The molecule has 0 bridgehead atoms. The van der Waals surface area contributed by atoms with E-state index in [-0.39, 0.29) is 17.4 Å². The fraction of sp³-hybridized carbons (Fsp3) is 0.474. The van der Waals surface area contributed by atoms with E-state index in [2.05, 4.69) is 26.8 Å². The predicted octanol–water partition coefficient (Wildman–Crippen LogP) is 1.95. The van der Waals surface area contributed by atoms with Crippen molar-refractivity contribution in [2.24, 2.45) is 11.8 Å². The minimum absolute atomic E-state index is 0.0979. The summed E-state index contributed by atoms with van der Waals surface area (Å²) in [6.07, 6.45) is 0. The SMILES string of the molecule is Cc1nc(CN2C[C@@H]3CN(C)[C@@H](c4cccc(F)c4)[C@@H]3C2)cc(=O)[nH]1. The van der Waals surface area contributed by atoms with Crippen LogP contribution in [0, 0.1) is 24.6 Å². The molecule has 2 fully saturated rings. The maximum atomic E-state index is 13.7. The number of aromatic amines is 1. The molecule has 132 valence electrons. The highest BCUT2D eigenvalue weighted by Crippen LogP contribution is 2.44. The Bertz CT molecular complexity index is 836. The highest BCUT2D eigenvalue weighted by atomic mass is 19.1. The van der Waals surface area contributed by atoms with Gasteiger partial charge in [-0.05, 0) is 43.5 Å². The van der Waals surface area contributed by atoms with Gasteiger partial charge in [0.05, 0.1) is 5.69 Å². The number of halogens is 1. The summed E-state index contributed by atoms with van der Waals surface area (Å²) in [7, 11) is 2.12. The maximum absolute atomic E-state index is 13.7. The van der Waals surface area contributed by atoms with Crippen LogP contribution in [0.4, 0.5) is 4.39 Å². The van der Waals surface area contributed by atoms with Crippen molar-refractivity contribution in [2.45, 2.75) is 19.5 Å². The minimum atomic E-state index is -0.174. The zero-order valence-corrected chi connectivity index (χ0v) is 14.6. The first kappa shape index (κ1) is 16.4. The standard InChI is InChI=1S/C19H23FN4O/c1-12-21-16(7-18(25)22-12)10-24-9-14-8-23(2)19(17(14)11-24)13-4-3-5-15(20)6-13/h3-7,14,17,19H,8-11H2,1-2H3,(H,21,22,25)/t14-,17+,19-/m0/s1. The van der Waals surface area contributed by atoms with Crippen molar-refractivity contribution in [2.75, 3.05) is 26.7 Å². The normalized spacial score (nSPS) is 26.9. The molecule has 2 aromatic rings.